The van der Waals surface area contributed by atoms with Gasteiger partial charge in [-0.05, 0) is 0 Å². The summed E-state index contributed by atoms with van der Waals surface area (Å²) in [5, 5.41) is 0. The molecule has 0 aromatic rings. The van der Waals surface area contributed by atoms with Crippen molar-refractivity contribution in [2.75, 3.05) is 0 Å². The maximum Gasteiger partial charge on any atom is 0.373 e. The first-order chi connectivity index (χ1) is 2.83. The number of rotatable bonds is 0. The van der Waals surface area contributed by atoms with Crippen molar-refractivity contribution in [1.82, 2.24) is 0 Å². The molecule has 0 saturated carbocycles. The van der Waals surface area contributed by atoms with Crippen LogP contribution in [0.4, 0.5) is 0 Å². The lowest BCUT2D eigenvalue weighted by Crippen LogP contribution is -1.22. The predicted octanol–water partition coefficient (Wildman–Crippen LogP) is -0.921. The summed E-state index contributed by atoms with van der Waals surface area (Å²) in [4.78, 5) is 32.5. The maximum absolute atomic E-state index is 8.12. The Kier molecular flexibility index (Phi) is 73.0. The molecule has 0 fully saturated rings. The Morgan fingerprint density at radius 3 is 0.833 bits per heavy atom. The summed E-state index contributed by atoms with van der Waals surface area (Å²) in [7, 11) is 0. The molecule has 34 valence electrons. The third kappa shape index (κ3) is 5.56. The molecule has 0 aliphatic rings. The van der Waals surface area contributed by atoms with E-state index >= 15 is 0 Å². The minimum Gasteiger partial charge on any atom is -0.186 e. The van der Waals surface area contributed by atoms with Crippen molar-refractivity contribution in [2.24, 2.45) is 0 Å². The fraction of sp³-hybridized carbons (Fsp3) is 0. The minimum absolute atomic E-state index is 0. The standard InChI is InChI=1S/2CO2.H2/c2*2-1-3;/h;;1H. The van der Waals surface area contributed by atoms with Crippen molar-refractivity contribution in [3.05, 3.63) is 0 Å². The van der Waals surface area contributed by atoms with Crippen LogP contribution in [-0.2, 0) is 19.2 Å². The van der Waals surface area contributed by atoms with Gasteiger partial charge < -0.3 is 0 Å². The molecular formula is C2H2O4. The lowest BCUT2D eigenvalue weighted by molar-refractivity contribution is -0.193. The summed E-state index contributed by atoms with van der Waals surface area (Å²) >= 11 is 0. The molecule has 0 aliphatic carbocycles. The second-order valence-electron chi connectivity index (χ2n) is 0.167. The zero-order valence-corrected chi connectivity index (χ0v) is 2.63. The van der Waals surface area contributed by atoms with Gasteiger partial charge in [-0.3, -0.25) is 0 Å². The predicted molar refractivity (Wildman–Crippen MR) is 12.1 cm³/mol. The van der Waals surface area contributed by atoms with E-state index in [1.54, 1.807) is 0 Å². The molecule has 4 nitrogen and oxygen atoms in total. The van der Waals surface area contributed by atoms with Crippen LogP contribution >= 0.6 is 0 Å². The van der Waals surface area contributed by atoms with Gasteiger partial charge in [0.25, 0.3) is 0 Å². The fourth-order valence-electron chi connectivity index (χ4n) is 0. The van der Waals surface area contributed by atoms with Crippen molar-refractivity contribution in [3.8, 4) is 0 Å². The first kappa shape index (κ1) is 8.83. The van der Waals surface area contributed by atoms with Crippen molar-refractivity contribution in [1.29, 1.82) is 0 Å². The quantitative estimate of drug-likeness (QED) is 0.385. The highest BCUT2D eigenvalue weighted by molar-refractivity contribution is 5.20. The van der Waals surface area contributed by atoms with Crippen molar-refractivity contribution < 1.29 is 20.6 Å². The monoisotopic (exact) mass is 90.0 g/mol. The van der Waals surface area contributed by atoms with E-state index < -0.39 is 0 Å². The Hall–Kier alpha value is -1.24. The summed E-state index contributed by atoms with van der Waals surface area (Å²) in [5.74, 6) is 0. The molecule has 0 saturated heterocycles. The molecule has 0 atom stereocenters. The molecule has 0 spiro atoms. The molecular weight excluding hydrogens is 88.0 g/mol. The van der Waals surface area contributed by atoms with Crippen LogP contribution in [0, 0.1) is 0 Å². The second-order valence-corrected chi connectivity index (χ2v) is 0.167. The molecule has 4 heteroatoms. The molecule has 6 heavy (non-hydrogen) atoms. The molecule has 0 aliphatic heterocycles. The Bertz CT molecular complexity index is 63.7. The molecule has 0 heterocycles. The highest BCUT2D eigenvalue weighted by Crippen LogP contribution is 0.790. The lowest BCUT2D eigenvalue weighted by atomic mass is 11.8. The second kappa shape index (κ2) is 49.6. The van der Waals surface area contributed by atoms with Crippen LogP contribution < -0.4 is 0 Å². The average Bonchev–Trinajstić information content (AvgIpc) is 1.39. The van der Waals surface area contributed by atoms with Crippen LogP contribution in [0.3, 0.4) is 0 Å². The normalized spacial score (nSPS) is 2.67. The molecule has 0 rings (SSSR count). The summed E-state index contributed by atoms with van der Waals surface area (Å²) in [6, 6.07) is 0. The minimum atomic E-state index is 0. The van der Waals surface area contributed by atoms with Crippen molar-refractivity contribution in [2.45, 2.75) is 0 Å². The van der Waals surface area contributed by atoms with E-state index in [9.17, 15) is 0 Å². The van der Waals surface area contributed by atoms with Crippen LogP contribution in [0.15, 0.2) is 0 Å². The van der Waals surface area contributed by atoms with Gasteiger partial charge in [0.2, 0.25) is 0 Å². The fourth-order valence-corrected chi connectivity index (χ4v) is 0. The first-order valence-electron chi connectivity index (χ1n) is 0.816. The molecule has 0 unspecified atom stereocenters. The molecule has 0 amide bonds. The van der Waals surface area contributed by atoms with Crippen molar-refractivity contribution in [3.63, 3.8) is 0 Å². The summed E-state index contributed by atoms with van der Waals surface area (Å²) in [5.41, 5.74) is 0. The maximum atomic E-state index is 8.12. The van der Waals surface area contributed by atoms with E-state index in [4.69, 9.17) is 19.2 Å². The van der Waals surface area contributed by atoms with Gasteiger partial charge in [-0.1, -0.05) is 0 Å². The van der Waals surface area contributed by atoms with Gasteiger partial charge in [0.05, 0.1) is 0 Å². The summed E-state index contributed by atoms with van der Waals surface area (Å²) in [6.45, 7) is 0. The topological polar surface area (TPSA) is 68.3 Å². The Morgan fingerprint density at radius 1 is 0.833 bits per heavy atom. The van der Waals surface area contributed by atoms with Gasteiger partial charge in [0.1, 0.15) is 0 Å². The SMILES string of the molecule is O=C=O.O=C=O.[HH]. The van der Waals surface area contributed by atoms with Gasteiger partial charge in [0.15, 0.2) is 0 Å². The van der Waals surface area contributed by atoms with Gasteiger partial charge >= 0.3 is 12.3 Å². The lowest BCUT2D eigenvalue weighted by Gasteiger charge is -0.945. The molecule has 0 aromatic carbocycles. The molecule has 0 N–H and O–H groups in total. The van der Waals surface area contributed by atoms with Crippen LogP contribution in [0.5, 0.6) is 0 Å². The van der Waals surface area contributed by atoms with Crippen molar-refractivity contribution >= 4 is 12.3 Å². The third-order valence-corrected chi connectivity index (χ3v) is 0. The van der Waals surface area contributed by atoms with Gasteiger partial charge in [-0.15, -0.1) is 0 Å². The van der Waals surface area contributed by atoms with Gasteiger partial charge in [-0.2, -0.15) is 19.2 Å². The molecule has 0 radical (unpaired) electrons. The smallest absolute Gasteiger partial charge is 0.186 e. The molecule has 0 aromatic heterocycles. The van der Waals surface area contributed by atoms with Gasteiger partial charge in [0, 0.05) is 1.43 Å². The Morgan fingerprint density at radius 2 is 0.833 bits per heavy atom. The van der Waals surface area contributed by atoms with Crippen LogP contribution in [-0.4, -0.2) is 12.3 Å². The number of hydrogen-bond acceptors (Lipinski definition) is 4. The van der Waals surface area contributed by atoms with E-state index in [1.165, 1.54) is 0 Å². The van der Waals surface area contributed by atoms with E-state index in [1.807, 2.05) is 0 Å². The van der Waals surface area contributed by atoms with Crippen LogP contribution in [0.25, 0.3) is 0 Å². The molecule has 0 bridgehead atoms. The highest BCUT2D eigenvalue weighted by Gasteiger charge is 1.13. The number of carbonyl (C=O) groups excluding carboxylic acids is 4. The Labute approximate surface area is 34.2 Å². The highest BCUT2D eigenvalue weighted by atomic mass is 16.2. The van der Waals surface area contributed by atoms with E-state index in [0.29, 0.717) is 0 Å². The number of hydrogen-bond donors (Lipinski definition) is 0. The van der Waals surface area contributed by atoms with Gasteiger partial charge in [-0.25, -0.2) is 0 Å². The van der Waals surface area contributed by atoms with E-state index in [2.05, 4.69) is 0 Å². The summed E-state index contributed by atoms with van der Waals surface area (Å²) < 4.78 is 0. The van der Waals surface area contributed by atoms with E-state index in [0.717, 1.165) is 0 Å². The average molecular weight is 90.0 g/mol. The summed E-state index contributed by atoms with van der Waals surface area (Å²) in [6.07, 6.45) is 0.500. The van der Waals surface area contributed by atoms with Crippen LogP contribution in [0.2, 0.25) is 0 Å². The van der Waals surface area contributed by atoms with Crippen LogP contribution in [0.1, 0.15) is 1.43 Å². The van der Waals surface area contributed by atoms with E-state index in [-0.39, 0.29) is 13.7 Å². The third-order valence-electron chi connectivity index (χ3n) is 0. The first-order valence-corrected chi connectivity index (χ1v) is 0.816. The largest absolute Gasteiger partial charge is 0.373 e. The zero-order chi connectivity index (χ0) is 5.41. The zero-order valence-electron chi connectivity index (χ0n) is 2.63. The Balaban J connectivity index is -0.0000000400.